The summed E-state index contributed by atoms with van der Waals surface area (Å²) in [5, 5.41) is 0. The summed E-state index contributed by atoms with van der Waals surface area (Å²) in [6.07, 6.45) is 4.65. The van der Waals surface area contributed by atoms with Gasteiger partial charge in [0.2, 0.25) is 9.12 Å². The van der Waals surface area contributed by atoms with Crippen LogP contribution in [0.15, 0.2) is 12.4 Å². The highest BCUT2D eigenvalue weighted by Gasteiger charge is 2.41. The summed E-state index contributed by atoms with van der Waals surface area (Å²) >= 11 is 0. The molecule has 1 aliphatic heterocycles. The van der Waals surface area contributed by atoms with Gasteiger partial charge in [-0.1, -0.05) is 20.8 Å². The smallest absolute Gasteiger partial charge is 0.248 e. The first kappa shape index (κ1) is 15.6. The third-order valence-corrected chi connectivity index (χ3v) is 8.14. The molecule has 0 spiro atoms. The second kappa shape index (κ2) is 4.59. The van der Waals surface area contributed by atoms with E-state index in [1.165, 1.54) is 6.04 Å². The van der Waals surface area contributed by atoms with E-state index in [2.05, 4.69) is 83.8 Å². The second-order valence-electron chi connectivity index (χ2n) is 8.70. The molecule has 106 valence electrons. The molecule has 3 heteroatoms. The summed E-state index contributed by atoms with van der Waals surface area (Å²) in [5.41, 5.74) is 0.868. The predicted octanol–water partition coefficient (Wildman–Crippen LogP) is 3.94. The summed E-state index contributed by atoms with van der Waals surface area (Å²) < 4.78 is 5.28. The molecule has 0 saturated carbocycles. The summed E-state index contributed by atoms with van der Waals surface area (Å²) in [6.45, 7) is 21.0. The Kier molecular flexibility index (Phi) is 3.98. The van der Waals surface area contributed by atoms with Gasteiger partial charge in [-0.25, -0.2) is 0 Å². The molecule has 0 aromatic carbocycles. The molecule has 0 amide bonds. The van der Waals surface area contributed by atoms with Gasteiger partial charge in [0.25, 0.3) is 0 Å². The summed E-state index contributed by atoms with van der Waals surface area (Å²) in [5.74, 6) is 0. The number of hydrogen-bond donors (Lipinski definition) is 0. The van der Waals surface area contributed by atoms with Crippen LogP contribution in [0.5, 0.6) is 0 Å². The van der Waals surface area contributed by atoms with Gasteiger partial charge in [-0.15, -0.1) is 0 Å². The lowest BCUT2D eigenvalue weighted by Crippen LogP contribution is -2.57. The Balaban J connectivity index is 3.01. The highest BCUT2D eigenvalue weighted by Crippen LogP contribution is 2.35. The van der Waals surface area contributed by atoms with Gasteiger partial charge in [0.15, 0.2) is 0 Å². The zero-order valence-electron chi connectivity index (χ0n) is 13.8. The van der Waals surface area contributed by atoms with Crippen LogP contribution in [-0.4, -0.2) is 29.3 Å². The Morgan fingerprint density at radius 3 is 1.28 bits per heavy atom. The van der Waals surface area contributed by atoms with Crippen LogP contribution in [0.4, 0.5) is 0 Å². The maximum absolute atomic E-state index is 2.64. The SMILES string of the molecule is CC(C)(C)C[SiH]1N(C(C)(C)C)C=CN1C(C)(C)C. The molecule has 0 unspecified atom stereocenters. The number of nitrogens with zero attached hydrogens (tertiary/aromatic N) is 2. The lowest BCUT2D eigenvalue weighted by atomic mass is 10.0. The highest BCUT2D eigenvalue weighted by atomic mass is 28.3. The fraction of sp³-hybridized carbons (Fsp3) is 0.867. The Bertz CT molecular complexity index is 291. The Morgan fingerprint density at radius 2 is 1.06 bits per heavy atom. The zero-order valence-corrected chi connectivity index (χ0v) is 15.0. The molecule has 0 aliphatic carbocycles. The fourth-order valence-electron chi connectivity index (χ4n) is 2.56. The van der Waals surface area contributed by atoms with Gasteiger partial charge in [-0.3, -0.25) is 0 Å². The third kappa shape index (κ3) is 3.77. The summed E-state index contributed by atoms with van der Waals surface area (Å²) in [4.78, 5) is 0. The molecule has 1 rings (SSSR count). The third-order valence-electron chi connectivity index (χ3n) is 3.37. The van der Waals surface area contributed by atoms with Crippen molar-refractivity contribution in [1.29, 1.82) is 0 Å². The normalized spacial score (nSPS) is 18.9. The molecular formula is C15H32N2Si. The predicted molar refractivity (Wildman–Crippen MR) is 83.7 cm³/mol. The molecule has 0 aromatic heterocycles. The van der Waals surface area contributed by atoms with Crippen molar-refractivity contribution >= 4 is 9.12 Å². The quantitative estimate of drug-likeness (QED) is 0.665. The van der Waals surface area contributed by atoms with Gasteiger partial charge in [-0.2, -0.15) is 0 Å². The maximum Gasteiger partial charge on any atom is 0.248 e. The van der Waals surface area contributed by atoms with Crippen LogP contribution >= 0.6 is 0 Å². The van der Waals surface area contributed by atoms with Crippen LogP contribution in [0, 0.1) is 5.41 Å². The largest absolute Gasteiger partial charge is 0.383 e. The second-order valence-corrected chi connectivity index (χ2v) is 11.2. The van der Waals surface area contributed by atoms with Crippen LogP contribution < -0.4 is 0 Å². The van der Waals surface area contributed by atoms with Crippen molar-refractivity contribution in [3.8, 4) is 0 Å². The summed E-state index contributed by atoms with van der Waals surface area (Å²) in [6, 6.07) is 1.31. The molecule has 1 aliphatic rings. The zero-order chi connectivity index (χ0) is 14.4. The van der Waals surface area contributed by atoms with Crippen molar-refractivity contribution in [2.24, 2.45) is 5.41 Å². The molecule has 0 fully saturated rings. The standard InChI is InChI=1S/C15H32N2Si/c1-13(2,3)12-18-16(14(4,5)6)10-11-17(18)15(7,8)9/h10-11,18H,12H2,1-9H3. The van der Waals surface area contributed by atoms with Crippen molar-refractivity contribution in [3.63, 3.8) is 0 Å². The molecule has 18 heavy (non-hydrogen) atoms. The first-order valence-corrected chi connectivity index (χ1v) is 8.92. The van der Waals surface area contributed by atoms with Crippen molar-refractivity contribution in [3.05, 3.63) is 12.4 Å². The molecule has 1 heterocycles. The Morgan fingerprint density at radius 1 is 0.722 bits per heavy atom. The van der Waals surface area contributed by atoms with E-state index in [9.17, 15) is 0 Å². The van der Waals surface area contributed by atoms with Gasteiger partial charge < -0.3 is 9.13 Å². The average Bonchev–Trinajstić information content (AvgIpc) is 2.41. The first-order chi connectivity index (χ1) is 7.82. The monoisotopic (exact) mass is 268 g/mol. The van der Waals surface area contributed by atoms with Crippen LogP contribution in [0.3, 0.4) is 0 Å². The van der Waals surface area contributed by atoms with Crippen molar-refractivity contribution in [1.82, 2.24) is 9.13 Å². The molecule has 2 nitrogen and oxygen atoms in total. The van der Waals surface area contributed by atoms with Crippen molar-refractivity contribution in [2.75, 3.05) is 0 Å². The first-order valence-electron chi connectivity index (χ1n) is 7.08. The summed E-state index contributed by atoms with van der Waals surface area (Å²) in [7, 11) is -1.13. The van der Waals surface area contributed by atoms with Gasteiger partial charge in [-0.05, 0) is 53.0 Å². The van der Waals surface area contributed by atoms with Gasteiger partial charge >= 0.3 is 0 Å². The van der Waals surface area contributed by atoms with E-state index in [0.717, 1.165) is 0 Å². The minimum Gasteiger partial charge on any atom is -0.383 e. The van der Waals surface area contributed by atoms with Crippen molar-refractivity contribution < 1.29 is 0 Å². The van der Waals surface area contributed by atoms with Crippen molar-refractivity contribution in [2.45, 2.75) is 79.4 Å². The Hall–Kier alpha value is -0.443. The van der Waals surface area contributed by atoms with E-state index in [1.54, 1.807) is 0 Å². The lowest BCUT2D eigenvalue weighted by Gasteiger charge is -2.46. The van der Waals surface area contributed by atoms with E-state index in [-0.39, 0.29) is 11.1 Å². The van der Waals surface area contributed by atoms with E-state index in [4.69, 9.17) is 0 Å². The van der Waals surface area contributed by atoms with E-state index in [1.807, 2.05) is 0 Å². The van der Waals surface area contributed by atoms with E-state index >= 15 is 0 Å². The Labute approximate surface area is 116 Å². The average molecular weight is 269 g/mol. The van der Waals surface area contributed by atoms with E-state index in [0.29, 0.717) is 5.41 Å². The molecule has 0 N–H and O–H groups in total. The lowest BCUT2D eigenvalue weighted by molar-refractivity contribution is 0.269. The van der Waals surface area contributed by atoms with Crippen LogP contribution in [0.2, 0.25) is 6.04 Å². The van der Waals surface area contributed by atoms with E-state index < -0.39 is 9.12 Å². The molecule has 0 bridgehead atoms. The number of rotatable bonds is 1. The number of hydrogen-bond acceptors (Lipinski definition) is 2. The minimum atomic E-state index is -1.13. The van der Waals surface area contributed by atoms with Gasteiger partial charge in [0, 0.05) is 23.5 Å². The maximum atomic E-state index is 2.64. The molecular weight excluding hydrogens is 236 g/mol. The minimum absolute atomic E-state index is 0.235. The van der Waals surface area contributed by atoms with Gasteiger partial charge in [0.05, 0.1) is 0 Å². The molecule has 0 radical (unpaired) electrons. The molecule has 0 saturated heterocycles. The fourth-order valence-corrected chi connectivity index (χ4v) is 6.66. The highest BCUT2D eigenvalue weighted by molar-refractivity contribution is 6.54. The van der Waals surface area contributed by atoms with Gasteiger partial charge in [0.1, 0.15) is 0 Å². The molecule has 0 aromatic rings. The topological polar surface area (TPSA) is 6.48 Å². The van der Waals surface area contributed by atoms with Crippen LogP contribution in [0.1, 0.15) is 62.3 Å². The van der Waals surface area contributed by atoms with Crippen LogP contribution in [0.25, 0.3) is 0 Å². The molecule has 0 atom stereocenters. The van der Waals surface area contributed by atoms with Crippen LogP contribution in [-0.2, 0) is 0 Å².